The Morgan fingerprint density at radius 1 is 1.16 bits per heavy atom. The summed E-state index contributed by atoms with van der Waals surface area (Å²) in [5.74, 6) is 0.399. The van der Waals surface area contributed by atoms with Crippen LogP contribution in [0.25, 0.3) is 17.0 Å². The van der Waals surface area contributed by atoms with E-state index in [0.29, 0.717) is 23.6 Å². The van der Waals surface area contributed by atoms with Crippen LogP contribution in [0, 0.1) is 6.92 Å². The van der Waals surface area contributed by atoms with E-state index in [1.807, 2.05) is 43.3 Å². The van der Waals surface area contributed by atoms with Crippen molar-refractivity contribution in [1.29, 1.82) is 0 Å². The number of aryl methyl sites for hydroxylation is 1. The molecule has 4 rings (SSSR count). The summed E-state index contributed by atoms with van der Waals surface area (Å²) in [6, 6.07) is 11.6. The maximum Gasteiger partial charge on any atom is 0.269 e. The third kappa shape index (κ3) is 2.85. The van der Waals surface area contributed by atoms with Crippen LogP contribution in [-0.2, 0) is 6.54 Å². The summed E-state index contributed by atoms with van der Waals surface area (Å²) < 4.78 is 4.12. The summed E-state index contributed by atoms with van der Waals surface area (Å²) in [5, 5.41) is 11.8. The Hall–Kier alpha value is -2.87. The Kier molecular flexibility index (Phi) is 3.89. The zero-order valence-corrected chi connectivity index (χ0v) is 14.9. The third-order valence-corrected chi connectivity index (χ3v) is 4.47. The van der Waals surface area contributed by atoms with Crippen LogP contribution in [0.2, 0.25) is 0 Å². The zero-order valence-electron chi connectivity index (χ0n) is 13.3. The molecular formula is C17H13BrN6O. The number of pyridine rings is 1. The van der Waals surface area contributed by atoms with Gasteiger partial charge in [0.15, 0.2) is 5.82 Å². The van der Waals surface area contributed by atoms with E-state index < -0.39 is 0 Å². The van der Waals surface area contributed by atoms with Gasteiger partial charge in [-0.2, -0.15) is 0 Å². The summed E-state index contributed by atoms with van der Waals surface area (Å²) in [5.41, 5.74) is 2.76. The summed E-state index contributed by atoms with van der Waals surface area (Å²) >= 11 is 3.41. The molecule has 0 saturated carbocycles. The van der Waals surface area contributed by atoms with Gasteiger partial charge in [0, 0.05) is 16.9 Å². The fourth-order valence-electron chi connectivity index (χ4n) is 2.67. The highest BCUT2D eigenvalue weighted by Gasteiger charge is 2.15. The van der Waals surface area contributed by atoms with Crippen LogP contribution >= 0.6 is 15.9 Å². The topological polar surface area (TPSA) is 78.0 Å². The summed E-state index contributed by atoms with van der Waals surface area (Å²) in [4.78, 5) is 17.2. The fraction of sp³-hybridized carbons (Fsp3) is 0.118. The monoisotopic (exact) mass is 396 g/mol. The van der Waals surface area contributed by atoms with Gasteiger partial charge in [-0.3, -0.25) is 9.20 Å². The average Bonchev–Trinajstić information content (AvgIpc) is 3.06. The molecule has 0 radical (unpaired) electrons. The highest BCUT2D eigenvalue weighted by molar-refractivity contribution is 9.10. The highest BCUT2D eigenvalue weighted by atomic mass is 79.9. The first kappa shape index (κ1) is 15.6. The van der Waals surface area contributed by atoms with Gasteiger partial charge < -0.3 is 0 Å². The summed E-state index contributed by atoms with van der Waals surface area (Å²) in [6.07, 6.45) is 3.23. The number of hydrogen-bond acceptors (Lipinski definition) is 5. The quantitative estimate of drug-likeness (QED) is 0.531. The molecule has 0 unspecified atom stereocenters. The number of nitrogens with zero attached hydrogens (tertiary/aromatic N) is 6. The minimum absolute atomic E-state index is 0.194. The Balaban J connectivity index is 1.80. The van der Waals surface area contributed by atoms with Crippen molar-refractivity contribution in [3.8, 4) is 11.4 Å². The molecule has 0 aliphatic carbocycles. The van der Waals surface area contributed by atoms with Gasteiger partial charge in [-0.15, -0.1) is 5.10 Å². The van der Waals surface area contributed by atoms with Crippen molar-refractivity contribution >= 4 is 21.6 Å². The highest BCUT2D eigenvalue weighted by Crippen LogP contribution is 2.15. The molecule has 4 aromatic rings. The molecule has 0 atom stereocenters. The molecule has 3 heterocycles. The van der Waals surface area contributed by atoms with E-state index >= 15 is 0 Å². The van der Waals surface area contributed by atoms with Gasteiger partial charge in [-0.1, -0.05) is 34.1 Å². The third-order valence-electron chi connectivity index (χ3n) is 3.95. The predicted molar refractivity (Wildman–Crippen MR) is 96.3 cm³/mol. The van der Waals surface area contributed by atoms with E-state index in [1.165, 1.54) is 10.6 Å². The molecule has 25 heavy (non-hydrogen) atoms. The molecule has 0 aliphatic rings. The number of halogens is 1. The first-order valence-electron chi connectivity index (χ1n) is 7.61. The van der Waals surface area contributed by atoms with Crippen molar-refractivity contribution in [2.45, 2.75) is 13.5 Å². The van der Waals surface area contributed by atoms with Crippen molar-refractivity contribution in [2.24, 2.45) is 0 Å². The van der Waals surface area contributed by atoms with Crippen molar-refractivity contribution in [1.82, 2.24) is 29.6 Å². The van der Waals surface area contributed by atoms with Gasteiger partial charge in [-0.25, -0.2) is 9.67 Å². The number of benzene rings is 1. The largest absolute Gasteiger partial charge is 0.269 e. The maximum atomic E-state index is 12.8. The molecule has 0 amide bonds. The molecule has 0 spiro atoms. The standard InChI is InChI=1S/C17H13BrN6O/c1-11-3-2-8-23-15(11)19-9-14(17(23)25)16-20-21-22-24(16)10-12-4-6-13(18)7-5-12/h2-9H,10H2,1H3. The van der Waals surface area contributed by atoms with Crippen molar-refractivity contribution < 1.29 is 0 Å². The van der Waals surface area contributed by atoms with Gasteiger partial charge in [0.05, 0.1) is 6.54 Å². The van der Waals surface area contributed by atoms with E-state index in [-0.39, 0.29) is 5.56 Å². The van der Waals surface area contributed by atoms with Gasteiger partial charge in [-0.05, 0) is 46.7 Å². The number of tetrazole rings is 1. The Labute approximate surface area is 151 Å². The van der Waals surface area contributed by atoms with E-state index in [0.717, 1.165) is 15.6 Å². The van der Waals surface area contributed by atoms with E-state index in [4.69, 9.17) is 0 Å². The number of hydrogen-bond donors (Lipinski definition) is 0. The number of aromatic nitrogens is 6. The molecule has 1 aromatic carbocycles. The van der Waals surface area contributed by atoms with E-state index in [9.17, 15) is 4.79 Å². The van der Waals surface area contributed by atoms with Gasteiger partial charge in [0.25, 0.3) is 5.56 Å². The molecule has 0 aliphatic heterocycles. The number of fused-ring (bicyclic) bond motifs is 1. The zero-order chi connectivity index (χ0) is 17.4. The molecule has 0 fully saturated rings. The predicted octanol–water partition coefficient (Wildman–Crippen LogP) is 2.47. The van der Waals surface area contributed by atoms with Crippen LogP contribution in [0.4, 0.5) is 0 Å². The average molecular weight is 397 g/mol. The van der Waals surface area contributed by atoms with Crippen LogP contribution in [0.1, 0.15) is 11.1 Å². The lowest BCUT2D eigenvalue weighted by atomic mass is 10.2. The van der Waals surface area contributed by atoms with Crippen LogP contribution in [0.3, 0.4) is 0 Å². The van der Waals surface area contributed by atoms with Gasteiger partial charge in [0.1, 0.15) is 11.2 Å². The normalized spacial score (nSPS) is 11.1. The Morgan fingerprint density at radius 2 is 1.96 bits per heavy atom. The molecule has 0 saturated heterocycles. The van der Waals surface area contributed by atoms with E-state index in [2.05, 4.69) is 36.4 Å². The second kappa shape index (κ2) is 6.21. The Morgan fingerprint density at radius 3 is 2.76 bits per heavy atom. The molecule has 0 bridgehead atoms. The maximum absolute atomic E-state index is 12.8. The minimum Gasteiger partial charge on any atom is -0.268 e. The lowest BCUT2D eigenvalue weighted by Gasteiger charge is -2.07. The molecule has 0 N–H and O–H groups in total. The second-order valence-corrected chi connectivity index (χ2v) is 6.56. The van der Waals surface area contributed by atoms with Crippen molar-refractivity contribution in [2.75, 3.05) is 0 Å². The lowest BCUT2D eigenvalue weighted by molar-refractivity contribution is 0.652. The first-order chi connectivity index (χ1) is 12.1. The van der Waals surface area contributed by atoms with Crippen LogP contribution in [-0.4, -0.2) is 29.6 Å². The SMILES string of the molecule is Cc1cccn2c(=O)c(-c3nnnn3Cc3ccc(Br)cc3)cnc12. The fourth-order valence-corrected chi connectivity index (χ4v) is 2.93. The first-order valence-corrected chi connectivity index (χ1v) is 8.41. The van der Waals surface area contributed by atoms with Crippen LogP contribution in [0.15, 0.2) is 58.1 Å². The van der Waals surface area contributed by atoms with Gasteiger partial charge in [0.2, 0.25) is 0 Å². The van der Waals surface area contributed by atoms with Crippen molar-refractivity contribution in [3.05, 3.63) is 74.7 Å². The molecule has 124 valence electrons. The smallest absolute Gasteiger partial charge is 0.268 e. The Bertz CT molecular complexity index is 1120. The van der Waals surface area contributed by atoms with Crippen LogP contribution < -0.4 is 5.56 Å². The minimum atomic E-state index is -0.194. The van der Waals surface area contributed by atoms with Gasteiger partial charge >= 0.3 is 0 Å². The number of rotatable bonds is 3. The summed E-state index contributed by atoms with van der Waals surface area (Å²) in [7, 11) is 0. The molecular weight excluding hydrogens is 384 g/mol. The van der Waals surface area contributed by atoms with Crippen LogP contribution in [0.5, 0.6) is 0 Å². The lowest BCUT2D eigenvalue weighted by Crippen LogP contribution is -2.19. The van der Waals surface area contributed by atoms with E-state index in [1.54, 1.807) is 10.9 Å². The molecule has 8 heteroatoms. The molecule has 7 nitrogen and oxygen atoms in total. The van der Waals surface area contributed by atoms with Crippen molar-refractivity contribution in [3.63, 3.8) is 0 Å². The molecule has 3 aromatic heterocycles. The summed E-state index contributed by atoms with van der Waals surface area (Å²) in [6.45, 7) is 2.38. The second-order valence-electron chi connectivity index (χ2n) is 5.65.